The summed E-state index contributed by atoms with van der Waals surface area (Å²) in [5, 5.41) is 11.3. The molecule has 0 fully saturated rings. The van der Waals surface area contributed by atoms with Gasteiger partial charge >= 0.3 is 15.2 Å². The fourth-order valence-electron chi connectivity index (χ4n) is 5.21. The summed E-state index contributed by atoms with van der Waals surface area (Å²) in [4.78, 5) is 31.0. The molecule has 250 valence electrons. The molecule has 0 unspecified atom stereocenters. The van der Waals surface area contributed by atoms with E-state index in [9.17, 15) is 23.8 Å². The molecule has 12 nitrogen and oxygen atoms in total. The Bertz CT molecular complexity index is 1970. The lowest BCUT2D eigenvalue weighted by Gasteiger charge is -2.22. The van der Waals surface area contributed by atoms with Crippen molar-refractivity contribution in [2.24, 2.45) is 0 Å². The summed E-state index contributed by atoms with van der Waals surface area (Å²) in [5.74, 6) is -1.84. The third kappa shape index (κ3) is 6.25. The van der Waals surface area contributed by atoms with Gasteiger partial charge in [0.1, 0.15) is 27.4 Å². The molecule has 0 aliphatic carbocycles. The Morgan fingerprint density at radius 1 is 0.894 bits per heavy atom. The van der Waals surface area contributed by atoms with Gasteiger partial charge in [0.2, 0.25) is 17.4 Å². The average Bonchev–Trinajstić information content (AvgIpc) is 3.49. The van der Waals surface area contributed by atoms with E-state index in [1.165, 1.54) is 41.0 Å². The van der Waals surface area contributed by atoms with Gasteiger partial charge in [0, 0.05) is 5.56 Å². The third-order valence-corrected chi connectivity index (χ3v) is 12.1. The van der Waals surface area contributed by atoms with Crippen molar-refractivity contribution in [2.75, 3.05) is 26.4 Å². The van der Waals surface area contributed by atoms with E-state index in [0.29, 0.717) is 5.56 Å². The molecule has 16 heteroatoms. The zero-order valence-corrected chi connectivity index (χ0v) is 29.4. The number of carbonyl (C=O) groups is 2. The van der Waals surface area contributed by atoms with Crippen molar-refractivity contribution in [2.45, 2.75) is 34.6 Å². The van der Waals surface area contributed by atoms with Gasteiger partial charge in [0.25, 0.3) is 0 Å². The highest BCUT2D eigenvalue weighted by molar-refractivity contribution is 7.62. The van der Waals surface area contributed by atoms with E-state index in [-0.39, 0.29) is 87.0 Å². The topological polar surface area (TPSA) is 155 Å². The summed E-state index contributed by atoms with van der Waals surface area (Å²) in [6.45, 7) is 8.67. The van der Waals surface area contributed by atoms with Gasteiger partial charge in [0.15, 0.2) is 0 Å². The first-order chi connectivity index (χ1) is 22.3. The molecule has 2 aromatic heterocycles. The van der Waals surface area contributed by atoms with E-state index in [2.05, 4.69) is 4.98 Å². The van der Waals surface area contributed by atoms with Gasteiger partial charge in [-0.2, -0.15) is 0 Å². The highest BCUT2D eigenvalue weighted by Crippen LogP contribution is 2.50. The largest absolute Gasteiger partial charge is 0.507 e. The SMILES string of the molecule is CCOP(=O)(OCC)c1ccc(C(=O)c2cc(Cl)c3n2-c2c([nH]c(Cl)c2C)C(=O)c2ccc(P(=O)(OCC)OCC)cc2O3)c(O)c1. The summed E-state index contributed by atoms with van der Waals surface area (Å²) < 4.78 is 56.2. The minimum atomic E-state index is -3.79. The lowest BCUT2D eigenvalue weighted by Crippen LogP contribution is -2.19. The molecule has 4 aromatic rings. The van der Waals surface area contributed by atoms with E-state index >= 15 is 0 Å². The number of aromatic nitrogens is 2. The molecular weight excluding hydrogens is 693 g/mol. The van der Waals surface area contributed by atoms with Crippen molar-refractivity contribution in [3.05, 3.63) is 80.7 Å². The van der Waals surface area contributed by atoms with Crippen molar-refractivity contribution < 1.29 is 46.7 Å². The number of nitrogens with one attached hydrogen (secondary N) is 1. The van der Waals surface area contributed by atoms with Crippen LogP contribution in [-0.4, -0.2) is 52.7 Å². The first-order valence-electron chi connectivity index (χ1n) is 14.7. The molecular formula is C31H32Cl2N2O10P2. The van der Waals surface area contributed by atoms with Crippen LogP contribution in [-0.2, 0) is 27.2 Å². The summed E-state index contributed by atoms with van der Waals surface area (Å²) in [6.07, 6.45) is 0. The third-order valence-electron chi connectivity index (χ3n) is 7.22. The number of nitrogens with zero attached hydrogens (tertiary/aromatic N) is 1. The van der Waals surface area contributed by atoms with Gasteiger partial charge in [-0.25, -0.2) is 0 Å². The van der Waals surface area contributed by atoms with Gasteiger partial charge in [-0.05, 0) is 77.1 Å². The first kappa shape index (κ1) is 35.1. The number of ether oxygens (including phenoxy) is 1. The van der Waals surface area contributed by atoms with Crippen molar-refractivity contribution in [3.8, 4) is 23.1 Å². The highest BCUT2D eigenvalue weighted by atomic mass is 35.5. The molecule has 0 amide bonds. The van der Waals surface area contributed by atoms with Crippen LogP contribution in [0.5, 0.6) is 17.4 Å². The molecule has 0 saturated carbocycles. The quantitative estimate of drug-likeness (QED) is 0.0977. The number of aromatic hydroxyl groups is 1. The summed E-state index contributed by atoms with van der Waals surface area (Å²) >= 11 is 13.2. The molecule has 0 bridgehead atoms. The van der Waals surface area contributed by atoms with E-state index in [1.807, 2.05) is 0 Å². The number of hydrogen-bond acceptors (Lipinski definition) is 10. The van der Waals surface area contributed by atoms with Crippen molar-refractivity contribution >= 4 is 60.6 Å². The average molecular weight is 725 g/mol. The van der Waals surface area contributed by atoms with Gasteiger partial charge in [-0.3, -0.25) is 23.3 Å². The maximum Gasteiger partial charge on any atom is 0.361 e. The van der Waals surface area contributed by atoms with Crippen molar-refractivity contribution in [3.63, 3.8) is 0 Å². The predicted octanol–water partition coefficient (Wildman–Crippen LogP) is 7.48. The number of H-pyrrole nitrogens is 1. The molecule has 1 aliphatic rings. The first-order valence-corrected chi connectivity index (χ1v) is 18.5. The summed E-state index contributed by atoms with van der Waals surface area (Å²) in [5.41, 5.74) is 0.461. The number of rotatable bonds is 12. The van der Waals surface area contributed by atoms with Gasteiger partial charge in [0.05, 0.1) is 59.5 Å². The number of fused-ring (bicyclic) bond motifs is 4. The van der Waals surface area contributed by atoms with Crippen LogP contribution in [0.2, 0.25) is 10.2 Å². The minimum Gasteiger partial charge on any atom is -0.507 e. The second kappa shape index (κ2) is 13.7. The Kier molecular flexibility index (Phi) is 10.3. The second-order valence-electron chi connectivity index (χ2n) is 10.1. The standard InChI is InChI=1S/C31H32Cl2N2O10P2/c1-6-41-46(39,42-7-2)18-10-12-20(24(36)14-18)28(37)23-16-22(32)31-35(23)27-17(5)30(33)34-26(27)29(38)21-13-11-19(15-25(21)45-31)47(40,43-8-3)44-9-4/h10-16,34,36H,6-9H2,1-5H3. The Balaban J connectivity index is 1.70. The van der Waals surface area contributed by atoms with Crippen LogP contribution < -0.4 is 15.3 Å². The van der Waals surface area contributed by atoms with Gasteiger partial charge < -0.3 is 32.9 Å². The molecule has 0 atom stereocenters. The van der Waals surface area contributed by atoms with Gasteiger partial charge in [-0.15, -0.1) is 0 Å². The Morgan fingerprint density at radius 3 is 2.00 bits per heavy atom. The van der Waals surface area contributed by atoms with Crippen LogP contribution in [0, 0.1) is 6.92 Å². The molecule has 0 radical (unpaired) electrons. The van der Waals surface area contributed by atoms with E-state index < -0.39 is 32.5 Å². The second-order valence-corrected chi connectivity index (χ2v) is 15.0. The molecule has 3 heterocycles. The lowest BCUT2D eigenvalue weighted by atomic mass is 10.0. The van der Waals surface area contributed by atoms with Crippen LogP contribution in [0.4, 0.5) is 0 Å². The highest BCUT2D eigenvalue weighted by Gasteiger charge is 2.36. The van der Waals surface area contributed by atoms with Crippen LogP contribution in [0.3, 0.4) is 0 Å². The Morgan fingerprint density at radius 2 is 1.45 bits per heavy atom. The van der Waals surface area contributed by atoms with Crippen molar-refractivity contribution in [1.82, 2.24) is 9.55 Å². The van der Waals surface area contributed by atoms with Crippen LogP contribution >= 0.6 is 38.4 Å². The number of halogens is 2. The monoisotopic (exact) mass is 724 g/mol. The van der Waals surface area contributed by atoms with Crippen LogP contribution in [0.25, 0.3) is 5.69 Å². The number of hydrogen-bond donors (Lipinski definition) is 2. The van der Waals surface area contributed by atoms with Gasteiger partial charge in [-0.1, -0.05) is 23.2 Å². The fraction of sp³-hybridized carbons (Fsp3) is 0.290. The number of aromatic amines is 1. The number of benzene rings is 2. The molecule has 5 rings (SSSR count). The molecule has 0 spiro atoms. The number of carbonyl (C=O) groups excluding carboxylic acids is 2. The zero-order chi connectivity index (χ0) is 34.3. The normalized spacial score (nSPS) is 13.0. The molecule has 1 aliphatic heterocycles. The number of phenols is 1. The van der Waals surface area contributed by atoms with Crippen LogP contribution in [0.15, 0.2) is 42.5 Å². The summed E-state index contributed by atoms with van der Waals surface area (Å²) in [7, 11) is -7.56. The van der Waals surface area contributed by atoms with Crippen molar-refractivity contribution in [1.29, 1.82) is 0 Å². The fourth-order valence-corrected chi connectivity index (χ4v) is 8.79. The molecule has 2 aromatic carbocycles. The molecule has 2 N–H and O–H groups in total. The molecule has 47 heavy (non-hydrogen) atoms. The van der Waals surface area contributed by atoms with E-state index in [0.717, 1.165) is 6.07 Å². The number of phenolic OH excluding ortho intramolecular Hbond substituents is 1. The maximum absolute atomic E-state index is 14.1. The van der Waals surface area contributed by atoms with E-state index in [4.69, 9.17) is 46.0 Å². The smallest absolute Gasteiger partial charge is 0.361 e. The lowest BCUT2D eigenvalue weighted by molar-refractivity contribution is 0.101. The molecule has 0 saturated heterocycles. The Hall–Kier alpha value is -3.18. The summed E-state index contributed by atoms with van der Waals surface area (Å²) in [6, 6.07) is 9.40. The number of ketones is 2. The van der Waals surface area contributed by atoms with Crippen LogP contribution in [0.1, 0.15) is 65.4 Å². The predicted molar refractivity (Wildman–Crippen MR) is 177 cm³/mol. The Labute approximate surface area is 280 Å². The minimum absolute atomic E-state index is 0.0205. The zero-order valence-electron chi connectivity index (χ0n) is 26.1. The maximum atomic E-state index is 14.1. The van der Waals surface area contributed by atoms with E-state index in [1.54, 1.807) is 34.6 Å².